The zero-order valence-corrected chi connectivity index (χ0v) is 11.0. The van der Waals surface area contributed by atoms with E-state index in [1.165, 1.54) is 44.0 Å². The van der Waals surface area contributed by atoms with E-state index in [0.29, 0.717) is 5.41 Å². The van der Waals surface area contributed by atoms with Crippen molar-refractivity contribution in [1.29, 1.82) is 0 Å². The summed E-state index contributed by atoms with van der Waals surface area (Å²) in [5, 5.41) is 1.21. The molecule has 1 saturated heterocycles. The van der Waals surface area contributed by atoms with E-state index in [1.54, 1.807) is 0 Å². The molecule has 2 atom stereocenters. The predicted octanol–water partition coefficient (Wildman–Crippen LogP) is 3.42. The molecule has 0 bridgehead atoms. The monoisotopic (exact) mass is 259 g/mol. The molecule has 1 heterocycles. The van der Waals surface area contributed by atoms with Crippen molar-refractivity contribution in [1.82, 2.24) is 4.90 Å². The Morgan fingerprint density at radius 3 is 2.57 bits per heavy atom. The molecule has 0 N–H and O–H groups in total. The van der Waals surface area contributed by atoms with Crippen molar-refractivity contribution in [2.24, 2.45) is 5.41 Å². The third-order valence-corrected chi connectivity index (χ3v) is 5.37. The van der Waals surface area contributed by atoms with Crippen LogP contribution in [0.15, 0.2) is 0 Å². The van der Waals surface area contributed by atoms with Crippen LogP contribution < -0.4 is 0 Å². The first-order valence-electron chi connectivity index (χ1n) is 6.02. The largest absolute Gasteiger partial charge is 0.297 e. The van der Waals surface area contributed by atoms with E-state index in [1.807, 2.05) is 0 Å². The molecule has 0 amide bonds. The van der Waals surface area contributed by atoms with Crippen LogP contribution in [-0.2, 0) is 0 Å². The summed E-state index contributed by atoms with van der Waals surface area (Å²) in [5.74, 6) is 0. The normalized spacial score (nSPS) is 36.2. The highest BCUT2D eigenvalue weighted by atomic mass is 79.9. The van der Waals surface area contributed by atoms with Gasteiger partial charge in [0.1, 0.15) is 0 Å². The first-order valence-corrected chi connectivity index (χ1v) is 7.14. The van der Waals surface area contributed by atoms with Crippen LogP contribution in [0, 0.1) is 5.41 Å². The molecule has 0 spiro atoms. The molecule has 0 aromatic heterocycles. The summed E-state index contributed by atoms with van der Waals surface area (Å²) >= 11 is 3.68. The van der Waals surface area contributed by atoms with Crippen molar-refractivity contribution < 1.29 is 0 Å². The van der Waals surface area contributed by atoms with E-state index < -0.39 is 0 Å². The molecule has 2 unspecified atom stereocenters. The van der Waals surface area contributed by atoms with Gasteiger partial charge in [-0.05, 0) is 44.4 Å². The van der Waals surface area contributed by atoms with Gasteiger partial charge in [0.25, 0.3) is 0 Å². The number of hydrogen-bond acceptors (Lipinski definition) is 1. The molecule has 0 aromatic carbocycles. The second-order valence-corrected chi connectivity index (χ2v) is 5.86. The summed E-state index contributed by atoms with van der Waals surface area (Å²) < 4.78 is 0. The summed E-state index contributed by atoms with van der Waals surface area (Å²) in [4.78, 5) is 2.77. The van der Waals surface area contributed by atoms with Crippen molar-refractivity contribution in [2.75, 3.05) is 11.9 Å². The van der Waals surface area contributed by atoms with Gasteiger partial charge in [-0.15, -0.1) is 0 Å². The van der Waals surface area contributed by atoms with Gasteiger partial charge in [0.2, 0.25) is 0 Å². The van der Waals surface area contributed by atoms with Gasteiger partial charge in [-0.2, -0.15) is 0 Å². The van der Waals surface area contributed by atoms with Crippen LogP contribution in [0.2, 0.25) is 0 Å². The van der Waals surface area contributed by atoms with Crippen molar-refractivity contribution in [3.63, 3.8) is 0 Å². The van der Waals surface area contributed by atoms with Crippen LogP contribution in [0.25, 0.3) is 0 Å². The summed E-state index contributed by atoms with van der Waals surface area (Å²) in [7, 11) is 0. The Balaban J connectivity index is 1.94. The summed E-state index contributed by atoms with van der Waals surface area (Å²) in [6.45, 7) is 6.08. The lowest BCUT2D eigenvalue weighted by Gasteiger charge is -2.31. The van der Waals surface area contributed by atoms with Crippen molar-refractivity contribution in [3.05, 3.63) is 0 Å². The summed E-state index contributed by atoms with van der Waals surface area (Å²) in [6.07, 6.45) is 7.06. The molecule has 1 aliphatic heterocycles. The molecule has 1 nitrogen and oxygen atoms in total. The number of rotatable bonds is 4. The number of alkyl halides is 1. The van der Waals surface area contributed by atoms with Crippen LogP contribution >= 0.6 is 15.9 Å². The molecule has 82 valence electrons. The SMILES string of the molecule is CCC1CCC(C)N1CC1(CBr)CC1. The smallest absolute Gasteiger partial charge is 0.0100 e. The highest BCUT2D eigenvalue weighted by Crippen LogP contribution is 2.49. The second-order valence-electron chi connectivity index (χ2n) is 5.29. The molecule has 0 radical (unpaired) electrons. The second kappa shape index (κ2) is 4.13. The topological polar surface area (TPSA) is 3.24 Å². The maximum Gasteiger partial charge on any atom is 0.0100 e. The van der Waals surface area contributed by atoms with Gasteiger partial charge in [-0.25, -0.2) is 0 Å². The zero-order valence-electron chi connectivity index (χ0n) is 9.43. The van der Waals surface area contributed by atoms with E-state index in [2.05, 4.69) is 34.7 Å². The minimum Gasteiger partial charge on any atom is -0.297 e. The molecule has 1 saturated carbocycles. The minimum atomic E-state index is 0.659. The molecule has 0 aromatic rings. The Morgan fingerprint density at radius 1 is 1.36 bits per heavy atom. The van der Waals surface area contributed by atoms with Gasteiger partial charge in [0.15, 0.2) is 0 Å². The first-order chi connectivity index (χ1) is 6.71. The Bertz CT molecular complexity index is 200. The molecule has 2 aliphatic rings. The fourth-order valence-corrected chi connectivity index (χ4v) is 3.48. The molecule has 2 heteroatoms. The number of likely N-dealkylation sites (tertiary alicyclic amines) is 1. The summed E-state index contributed by atoms with van der Waals surface area (Å²) in [5.41, 5.74) is 0.659. The highest BCUT2D eigenvalue weighted by molar-refractivity contribution is 9.09. The maximum atomic E-state index is 3.68. The Kier molecular flexibility index (Phi) is 3.23. The third kappa shape index (κ3) is 2.01. The fraction of sp³-hybridized carbons (Fsp3) is 1.00. The Labute approximate surface area is 96.4 Å². The lowest BCUT2D eigenvalue weighted by molar-refractivity contribution is 0.166. The average molecular weight is 260 g/mol. The standard InChI is InChI=1S/C12H22BrN/c1-3-11-5-4-10(2)14(11)9-12(8-13)6-7-12/h10-11H,3-9H2,1-2H3. The maximum absolute atomic E-state index is 3.68. The van der Waals surface area contributed by atoms with Crippen molar-refractivity contribution >= 4 is 15.9 Å². The number of nitrogens with zero attached hydrogens (tertiary/aromatic N) is 1. The van der Waals surface area contributed by atoms with Crippen LogP contribution in [0.1, 0.15) is 46.0 Å². The van der Waals surface area contributed by atoms with Crippen molar-refractivity contribution in [3.8, 4) is 0 Å². The Hall–Kier alpha value is 0.440. The van der Waals surface area contributed by atoms with E-state index >= 15 is 0 Å². The van der Waals surface area contributed by atoms with E-state index in [9.17, 15) is 0 Å². The fourth-order valence-electron chi connectivity index (χ4n) is 2.75. The molecule has 1 aliphatic carbocycles. The molecular weight excluding hydrogens is 238 g/mol. The molecule has 2 rings (SSSR count). The van der Waals surface area contributed by atoms with Crippen LogP contribution in [-0.4, -0.2) is 28.9 Å². The quantitative estimate of drug-likeness (QED) is 0.700. The van der Waals surface area contributed by atoms with Crippen LogP contribution in [0.3, 0.4) is 0 Å². The first kappa shape index (κ1) is 10.9. The molecule has 2 fully saturated rings. The van der Waals surface area contributed by atoms with E-state index in [0.717, 1.165) is 12.1 Å². The number of hydrogen-bond donors (Lipinski definition) is 0. The van der Waals surface area contributed by atoms with E-state index in [-0.39, 0.29) is 0 Å². The average Bonchev–Trinajstić information content (AvgIpc) is 2.89. The zero-order chi connectivity index (χ0) is 10.2. The minimum absolute atomic E-state index is 0.659. The van der Waals surface area contributed by atoms with Gasteiger partial charge in [0.05, 0.1) is 0 Å². The third-order valence-electron chi connectivity index (χ3n) is 4.18. The van der Waals surface area contributed by atoms with Crippen LogP contribution in [0.5, 0.6) is 0 Å². The van der Waals surface area contributed by atoms with Gasteiger partial charge >= 0.3 is 0 Å². The lowest BCUT2D eigenvalue weighted by Crippen LogP contribution is -2.39. The molecule has 14 heavy (non-hydrogen) atoms. The summed E-state index contributed by atoms with van der Waals surface area (Å²) in [6, 6.07) is 1.71. The number of halogens is 1. The predicted molar refractivity (Wildman–Crippen MR) is 64.9 cm³/mol. The Morgan fingerprint density at radius 2 is 2.07 bits per heavy atom. The lowest BCUT2D eigenvalue weighted by atomic mass is 10.1. The van der Waals surface area contributed by atoms with Gasteiger partial charge < -0.3 is 0 Å². The van der Waals surface area contributed by atoms with E-state index in [4.69, 9.17) is 0 Å². The van der Waals surface area contributed by atoms with Crippen molar-refractivity contribution in [2.45, 2.75) is 58.0 Å². The highest BCUT2D eigenvalue weighted by Gasteiger charge is 2.45. The van der Waals surface area contributed by atoms with Crippen LogP contribution in [0.4, 0.5) is 0 Å². The molecular formula is C12H22BrN. The van der Waals surface area contributed by atoms with Gasteiger partial charge in [-0.3, -0.25) is 4.90 Å². The van der Waals surface area contributed by atoms with Gasteiger partial charge in [0, 0.05) is 24.0 Å². The van der Waals surface area contributed by atoms with Gasteiger partial charge in [-0.1, -0.05) is 22.9 Å².